The van der Waals surface area contributed by atoms with Crippen molar-refractivity contribution in [1.82, 2.24) is 0 Å². The molecule has 0 amide bonds. The second-order valence-corrected chi connectivity index (χ2v) is 13.4. The third kappa shape index (κ3) is 2.67. The van der Waals surface area contributed by atoms with Crippen LogP contribution in [-0.4, -0.2) is 20.7 Å². The monoisotopic (exact) mass is 320 g/mol. The summed E-state index contributed by atoms with van der Waals surface area (Å²) in [7, 11) is -1.85. The summed E-state index contributed by atoms with van der Waals surface area (Å²) < 4.78 is 6.84. The van der Waals surface area contributed by atoms with Gasteiger partial charge in [-0.05, 0) is 57.7 Å². The van der Waals surface area contributed by atoms with Gasteiger partial charge in [0, 0.05) is 11.0 Å². The predicted molar refractivity (Wildman–Crippen MR) is 95.5 cm³/mol. The SMILES string of the molecule is CC1=CCC[C@H](O[Si](C)(C)C(C)(C)C)[C@@]12CCC(C)=C2C=O. The van der Waals surface area contributed by atoms with Gasteiger partial charge in [-0.25, -0.2) is 0 Å². The number of allylic oxidation sites excluding steroid dienone is 2. The van der Waals surface area contributed by atoms with Crippen molar-refractivity contribution in [2.45, 2.75) is 84.5 Å². The molecule has 0 aliphatic heterocycles. The molecule has 2 nitrogen and oxygen atoms in total. The fraction of sp³-hybridized carbons (Fsp3) is 0.737. The Labute approximate surface area is 137 Å². The van der Waals surface area contributed by atoms with Crippen LogP contribution in [0.4, 0.5) is 0 Å². The number of aldehydes is 1. The van der Waals surface area contributed by atoms with Gasteiger partial charge in [0.1, 0.15) is 6.29 Å². The molecule has 0 radical (unpaired) electrons. The van der Waals surface area contributed by atoms with Gasteiger partial charge in [0.05, 0.1) is 6.10 Å². The third-order valence-electron chi connectivity index (χ3n) is 6.33. The van der Waals surface area contributed by atoms with E-state index < -0.39 is 8.32 Å². The molecule has 0 bridgehead atoms. The van der Waals surface area contributed by atoms with Gasteiger partial charge < -0.3 is 4.43 Å². The summed E-state index contributed by atoms with van der Waals surface area (Å²) in [4.78, 5) is 11.8. The highest BCUT2D eigenvalue weighted by Crippen LogP contribution is 2.55. The van der Waals surface area contributed by atoms with E-state index in [-0.39, 0.29) is 16.6 Å². The second kappa shape index (κ2) is 5.75. The highest BCUT2D eigenvalue weighted by atomic mass is 28.4. The lowest BCUT2D eigenvalue weighted by Crippen LogP contribution is -2.50. The van der Waals surface area contributed by atoms with Crippen molar-refractivity contribution in [2.24, 2.45) is 5.41 Å². The van der Waals surface area contributed by atoms with Crippen LogP contribution in [0, 0.1) is 5.41 Å². The highest BCUT2D eigenvalue weighted by molar-refractivity contribution is 6.74. The van der Waals surface area contributed by atoms with Crippen molar-refractivity contribution in [3.05, 3.63) is 22.8 Å². The first-order valence-corrected chi connectivity index (χ1v) is 11.5. The molecule has 1 spiro atoms. The Hall–Kier alpha value is -0.673. The zero-order valence-corrected chi connectivity index (χ0v) is 16.4. The van der Waals surface area contributed by atoms with Gasteiger partial charge in [-0.3, -0.25) is 4.79 Å². The molecule has 0 unspecified atom stereocenters. The van der Waals surface area contributed by atoms with E-state index >= 15 is 0 Å². The van der Waals surface area contributed by atoms with Crippen LogP contribution in [0.25, 0.3) is 0 Å². The molecule has 22 heavy (non-hydrogen) atoms. The Bertz CT molecular complexity index is 522. The normalized spacial score (nSPS) is 30.0. The van der Waals surface area contributed by atoms with Crippen LogP contribution in [0.5, 0.6) is 0 Å². The van der Waals surface area contributed by atoms with Crippen molar-refractivity contribution < 1.29 is 9.22 Å². The van der Waals surface area contributed by atoms with Crippen molar-refractivity contribution in [2.75, 3.05) is 0 Å². The fourth-order valence-electron chi connectivity index (χ4n) is 3.81. The Kier molecular flexibility index (Phi) is 4.62. The van der Waals surface area contributed by atoms with Crippen molar-refractivity contribution in [3.63, 3.8) is 0 Å². The summed E-state index contributed by atoms with van der Waals surface area (Å²) >= 11 is 0. The van der Waals surface area contributed by atoms with E-state index in [1.54, 1.807) is 0 Å². The van der Waals surface area contributed by atoms with Gasteiger partial charge in [0.15, 0.2) is 8.32 Å². The van der Waals surface area contributed by atoms with Gasteiger partial charge in [-0.2, -0.15) is 0 Å². The summed E-state index contributed by atoms with van der Waals surface area (Å²) in [5.74, 6) is 0. The Morgan fingerprint density at radius 1 is 1.32 bits per heavy atom. The standard InChI is InChI=1S/C19H32O2Si/c1-14-11-12-19(16(14)13-20)15(2)9-8-10-17(19)21-22(6,7)18(3,4)5/h9,13,17H,8,10-12H2,1-7H3/t17-,19-/m0/s1. The van der Waals surface area contributed by atoms with E-state index in [0.717, 1.165) is 37.5 Å². The molecule has 124 valence electrons. The smallest absolute Gasteiger partial charge is 0.192 e. The number of carbonyl (C=O) groups is 1. The van der Waals surface area contributed by atoms with Crippen LogP contribution in [0.2, 0.25) is 18.1 Å². The lowest BCUT2D eigenvalue weighted by Gasteiger charge is -2.48. The molecule has 3 heteroatoms. The third-order valence-corrected chi connectivity index (χ3v) is 10.8. The molecule has 0 aromatic rings. The van der Waals surface area contributed by atoms with Crippen LogP contribution in [-0.2, 0) is 9.22 Å². The minimum atomic E-state index is -1.85. The van der Waals surface area contributed by atoms with E-state index in [4.69, 9.17) is 4.43 Å². The summed E-state index contributed by atoms with van der Waals surface area (Å²) in [6.45, 7) is 15.8. The molecule has 0 aromatic carbocycles. The first-order chi connectivity index (χ1) is 10.1. The van der Waals surface area contributed by atoms with E-state index in [9.17, 15) is 4.79 Å². The summed E-state index contributed by atoms with van der Waals surface area (Å²) in [5, 5.41) is 0.196. The maximum Gasteiger partial charge on any atom is 0.192 e. The van der Waals surface area contributed by atoms with Crippen LogP contribution in [0.15, 0.2) is 22.8 Å². The Morgan fingerprint density at radius 3 is 2.50 bits per heavy atom. The lowest BCUT2D eigenvalue weighted by molar-refractivity contribution is -0.106. The van der Waals surface area contributed by atoms with Crippen LogP contribution in [0.3, 0.4) is 0 Å². The Morgan fingerprint density at radius 2 is 1.95 bits per heavy atom. The quantitative estimate of drug-likeness (QED) is 0.395. The molecule has 0 saturated carbocycles. The van der Waals surface area contributed by atoms with Gasteiger partial charge >= 0.3 is 0 Å². The topological polar surface area (TPSA) is 26.3 Å². The van der Waals surface area contributed by atoms with E-state index in [2.05, 4.69) is 53.8 Å². The molecule has 0 saturated heterocycles. The fourth-order valence-corrected chi connectivity index (χ4v) is 5.19. The predicted octanol–water partition coefficient (Wildman–Crippen LogP) is 5.41. The van der Waals surface area contributed by atoms with Gasteiger partial charge in [0.2, 0.25) is 0 Å². The van der Waals surface area contributed by atoms with Crippen LogP contribution < -0.4 is 0 Å². The molecule has 0 heterocycles. The highest BCUT2D eigenvalue weighted by Gasteiger charge is 2.51. The lowest BCUT2D eigenvalue weighted by atomic mass is 9.66. The summed E-state index contributed by atoms with van der Waals surface area (Å²) in [6.07, 6.45) is 7.76. The van der Waals surface area contributed by atoms with Crippen molar-refractivity contribution in [3.8, 4) is 0 Å². The number of hydrogen-bond donors (Lipinski definition) is 0. The van der Waals surface area contributed by atoms with E-state index in [1.807, 2.05) is 0 Å². The second-order valence-electron chi connectivity index (χ2n) is 8.61. The molecule has 0 fully saturated rings. The minimum absolute atomic E-state index is 0.153. The molecule has 2 aliphatic rings. The molecular weight excluding hydrogens is 288 g/mol. The maximum absolute atomic E-state index is 11.8. The zero-order valence-electron chi connectivity index (χ0n) is 15.4. The molecule has 2 rings (SSSR count). The van der Waals surface area contributed by atoms with Crippen LogP contribution >= 0.6 is 0 Å². The zero-order chi connectivity index (χ0) is 16.8. The largest absolute Gasteiger partial charge is 0.413 e. The van der Waals surface area contributed by atoms with Crippen molar-refractivity contribution in [1.29, 1.82) is 0 Å². The summed E-state index contributed by atoms with van der Waals surface area (Å²) in [6, 6.07) is 0. The number of carbonyl (C=O) groups excluding carboxylic acids is 1. The van der Waals surface area contributed by atoms with Crippen molar-refractivity contribution >= 4 is 14.6 Å². The first kappa shape index (κ1) is 17.7. The molecular formula is C19H32O2Si. The van der Waals surface area contributed by atoms with E-state index in [1.165, 1.54) is 11.1 Å². The molecule has 0 N–H and O–H groups in total. The van der Waals surface area contributed by atoms with Crippen LogP contribution in [0.1, 0.15) is 60.3 Å². The molecule has 2 aliphatic carbocycles. The van der Waals surface area contributed by atoms with E-state index in [0.29, 0.717) is 0 Å². The van der Waals surface area contributed by atoms with Gasteiger partial charge in [0.25, 0.3) is 0 Å². The average Bonchev–Trinajstić information content (AvgIpc) is 2.72. The first-order valence-electron chi connectivity index (χ1n) is 8.57. The molecule has 2 atom stereocenters. The molecule has 0 aromatic heterocycles. The summed E-state index contributed by atoms with van der Waals surface area (Å²) in [5.41, 5.74) is 3.46. The average molecular weight is 321 g/mol. The Balaban J connectivity index is 2.44. The minimum Gasteiger partial charge on any atom is -0.413 e. The number of rotatable bonds is 3. The maximum atomic E-state index is 11.8. The number of hydrogen-bond acceptors (Lipinski definition) is 2. The van der Waals surface area contributed by atoms with Gasteiger partial charge in [-0.15, -0.1) is 0 Å². The van der Waals surface area contributed by atoms with Gasteiger partial charge in [-0.1, -0.05) is 38.0 Å².